The highest BCUT2D eigenvalue weighted by molar-refractivity contribution is 6.29. The van der Waals surface area contributed by atoms with Crippen LogP contribution in [-0.4, -0.2) is 4.98 Å². The lowest BCUT2D eigenvalue weighted by molar-refractivity contribution is 1.14. The number of pyridine rings is 1. The van der Waals surface area contributed by atoms with Crippen LogP contribution in [0.15, 0.2) is 42.6 Å². The molecule has 3 nitrogen and oxygen atoms in total. The summed E-state index contributed by atoms with van der Waals surface area (Å²) < 4.78 is 0. The second-order valence-electron chi connectivity index (χ2n) is 3.47. The first-order chi connectivity index (χ1) is 7.74. The van der Waals surface area contributed by atoms with Crippen molar-refractivity contribution in [3.05, 3.63) is 53.3 Å². The van der Waals surface area contributed by atoms with Crippen LogP contribution in [0.25, 0.3) is 0 Å². The Bertz CT molecular complexity index is 440. The maximum Gasteiger partial charge on any atom is 0.131 e. The maximum atomic E-state index is 5.78. The van der Waals surface area contributed by atoms with Gasteiger partial charge in [0.05, 0.1) is 0 Å². The van der Waals surface area contributed by atoms with Gasteiger partial charge in [-0.3, -0.25) is 0 Å². The summed E-state index contributed by atoms with van der Waals surface area (Å²) in [7, 11) is 0. The highest BCUT2D eigenvalue weighted by Gasteiger charge is 1.96. The second kappa shape index (κ2) is 4.86. The van der Waals surface area contributed by atoms with Gasteiger partial charge in [0.25, 0.3) is 0 Å². The van der Waals surface area contributed by atoms with Crippen LogP contribution in [0.4, 0.5) is 11.4 Å². The number of hydrogen-bond donors (Lipinski definition) is 2. The van der Waals surface area contributed by atoms with E-state index in [2.05, 4.69) is 10.3 Å². The number of nitrogens with one attached hydrogen (secondary N) is 1. The fraction of sp³-hybridized carbons (Fsp3) is 0.0833. The third-order valence-electron chi connectivity index (χ3n) is 2.17. The van der Waals surface area contributed by atoms with E-state index in [9.17, 15) is 0 Å². The van der Waals surface area contributed by atoms with Crippen molar-refractivity contribution in [2.45, 2.75) is 6.54 Å². The first-order valence-corrected chi connectivity index (χ1v) is 5.32. The monoisotopic (exact) mass is 233 g/mol. The molecule has 3 N–H and O–H groups in total. The van der Waals surface area contributed by atoms with E-state index in [0.717, 1.165) is 16.9 Å². The van der Waals surface area contributed by atoms with Crippen molar-refractivity contribution in [2.24, 2.45) is 0 Å². The van der Waals surface area contributed by atoms with Crippen LogP contribution in [-0.2, 0) is 6.54 Å². The topological polar surface area (TPSA) is 50.9 Å². The van der Waals surface area contributed by atoms with Gasteiger partial charge in [0.15, 0.2) is 0 Å². The van der Waals surface area contributed by atoms with Gasteiger partial charge < -0.3 is 11.1 Å². The Balaban J connectivity index is 2.02. The minimum Gasteiger partial charge on any atom is -0.399 e. The first-order valence-electron chi connectivity index (χ1n) is 4.94. The fourth-order valence-corrected chi connectivity index (χ4v) is 1.59. The van der Waals surface area contributed by atoms with Gasteiger partial charge in [0.1, 0.15) is 5.15 Å². The Kier molecular flexibility index (Phi) is 3.27. The van der Waals surface area contributed by atoms with E-state index in [0.29, 0.717) is 11.7 Å². The predicted molar refractivity (Wildman–Crippen MR) is 67.4 cm³/mol. The Morgan fingerprint density at radius 2 is 2.12 bits per heavy atom. The molecule has 0 amide bonds. The van der Waals surface area contributed by atoms with Crippen molar-refractivity contribution >= 4 is 23.0 Å². The molecule has 0 unspecified atom stereocenters. The van der Waals surface area contributed by atoms with Gasteiger partial charge in [-0.25, -0.2) is 4.98 Å². The normalized spacial score (nSPS) is 10.1. The Labute approximate surface area is 99.3 Å². The van der Waals surface area contributed by atoms with Gasteiger partial charge in [-0.05, 0) is 29.8 Å². The van der Waals surface area contributed by atoms with Crippen molar-refractivity contribution in [3.63, 3.8) is 0 Å². The van der Waals surface area contributed by atoms with Gasteiger partial charge in [-0.15, -0.1) is 0 Å². The molecular weight excluding hydrogens is 222 g/mol. The zero-order valence-electron chi connectivity index (χ0n) is 8.65. The van der Waals surface area contributed by atoms with E-state index < -0.39 is 0 Å². The van der Waals surface area contributed by atoms with Crippen LogP contribution in [0.2, 0.25) is 5.15 Å². The molecule has 2 rings (SSSR count). The summed E-state index contributed by atoms with van der Waals surface area (Å²) in [6.07, 6.45) is 1.67. The molecule has 0 aliphatic rings. The number of benzene rings is 1. The number of nitrogens with two attached hydrogens (primary N) is 1. The first kappa shape index (κ1) is 10.8. The number of nitrogens with zero attached hydrogens (tertiary/aromatic N) is 1. The third-order valence-corrected chi connectivity index (χ3v) is 2.38. The summed E-state index contributed by atoms with van der Waals surface area (Å²) in [5.74, 6) is 0. The minimum absolute atomic E-state index is 0.484. The molecule has 82 valence electrons. The molecular formula is C12H12ClN3. The minimum atomic E-state index is 0.484. The van der Waals surface area contributed by atoms with Crippen molar-refractivity contribution in [1.82, 2.24) is 4.98 Å². The smallest absolute Gasteiger partial charge is 0.131 e. The standard InChI is InChI=1S/C12H12ClN3/c13-12-7-11(4-5-15-12)16-8-9-2-1-3-10(14)6-9/h1-7H,8,14H2,(H,15,16). The number of anilines is 2. The molecule has 2 aromatic rings. The fourth-order valence-electron chi connectivity index (χ4n) is 1.42. The molecule has 1 aromatic carbocycles. The maximum absolute atomic E-state index is 5.78. The van der Waals surface area contributed by atoms with E-state index in [1.54, 1.807) is 12.3 Å². The van der Waals surface area contributed by atoms with Crippen molar-refractivity contribution in [2.75, 3.05) is 11.1 Å². The molecule has 1 aromatic heterocycles. The van der Waals surface area contributed by atoms with Crippen molar-refractivity contribution in [3.8, 4) is 0 Å². The Morgan fingerprint density at radius 1 is 1.25 bits per heavy atom. The lowest BCUT2D eigenvalue weighted by atomic mass is 10.2. The van der Waals surface area contributed by atoms with Crippen LogP contribution in [0, 0.1) is 0 Å². The molecule has 0 fully saturated rings. The van der Waals surface area contributed by atoms with Gasteiger partial charge in [0, 0.05) is 24.1 Å². The van der Waals surface area contributed by atoms with Crippen LogP contribution < -0.4 is 11.1 Å². The van der Waals surface area contributed by atoms with Gasteiger partial charge in [0.2, 0.25) is 0 Å². The average molecular weight is 234 g/mol. The van der Waals surface area contributed by atoms with Crippen molar-refractivity contribution in [1.29, 1.82) is 0 Å². The van der Waals surface area contributed by atoms with Crippen LogP contribution in [0.1, 0.15) is 5.56 Å². The summed E-state index contributed by atoms with van der Waals surface area (Å²) in [5, 5.41) is 3.73. The molecule has 0 aliphatic carbocycles. The van der Waals surface area contributed by atoms with E-state index in [1.165, 1.54) is 0 Å². The van der Waals surface area contributed by atoms with Crippen LogP contribution in [0.3, 0.4) is 0 Å². The SMILES string of the molecule is Nc1cccc(CNc2ccnc(Cl)c2)c1. The third kappa shape index (κ3) is 2.87. The molecule has 4 heteroatoms. The van der Waals surface area contributed by atoms with E-state index in [4.69, 9.17) is 17.3 Å². The number of nitrogen functional groups attached to an aromatic ring is 1. The molecule has 0 aliphatic heterocycles. The highest BCUT2D eigenvalue weighted by Crippen LogP contribution is 2.14. The molecule has 0 spiro atoms. The van der Waals surface area contributed by atoms with Crippen LogP contribution >= 0.6 is 11.6 Å². The lowest BCUT2D eigenvalue weighted by Gasteiger charge is -2.06. The molecule has 16 heavy (non-hydrogen) atoms. The van der Waals surface area contributed by atoms with E-state index >= 15 is 0 Å². The van der Waals surface area contributed by atoms with Gasteiger partial charge in [-0.2, -0.15) is 0 Å². The van der Waals surface area contributed by atoms with Crippen LogP contribution in [0.5, 0.6) is 0 Å². The Morgan fingerprint density at radius 3 is 2.88 bits per heavy atom. The Hall–Kier alpha value is -1.74. The number of halogens is 1. The van der Waals surface area contributed by atoms with Gasteiger partial charge in [-0.1, -0.05) is 23.7 Å². The predicted octanol–water partition coefficient (Wildman–Crippen LogP) is 2.93. The highest BCUT2D eigenvalue weighted by atomic mass is 35.5. The van der Waals surface area contributed by atoms with Crippen molar-refractivity contribution < 1.29 is 0 Å². The molecule has 1 heterocycles. The summed E-state index contributed by atoms with van der Waals surface area (Å²) >= 11 is 5.78. The summed E-state index contributed by atoms with van der Waals surface area (Å²) in [6.45, 7) is 0.714. The molecule has 0 saturated heterocycles. The molecule has 0 radical (unpaired) electrons. The van der Waals surface area contributed by atoms with E-state index in [-0.39, 0.29) is 0 Å². The lowest BCUT2D eigenvalue weighted by Crippen LogP contribution is -2.00. The quantitative estimate of drug-likeness (QED) is 0.633. The zero-order valence-corrected chi connectivity index (χ0v) is 9.41. The zero-order chi connectivity index (χ0) is 11.4. The molecule has 0 bridgehead atoms. The van der Waals surface area contributed by atoms with Gasteiger partial charge >= 0.3 is 0 Å². The number of aromatic nitrogens is 1. The number of hydrogen-bond acceptors (Lipinski definition) is 3. The molecule has 0 saturated carbocycles. The average Bonchev–Trinajstić information content (AvgIpc) is 2.27. The molecule has 0 atom stereocenters. The van der Waals surface area contributed by atoms with E-state index in [1.807, 2.05) is 30.3 Å². The second-order valence-corrected chi connectivity index (χ2v) is 3.85. The largest absolute Gasteiger partial charge is 0.399 e. The number of rotatable bonds is 3. The summed E-state index contributed by atoms with van der Waals surface area (Å²) in [5.41, 5.74) is 8.54. The summed E-state index contributed by atoms with van der Waals surface area (Å²) in [6, 6.07) is 11.4. The summed E-state index contributed by atoms with van der Waals surface area (Å²) in [4.78, 5) is 3.91.